The lowest BCUT2D eigenvalue weighted by molar-refractivity contribution is -0.140. The molecule has 1 N–H and O–H groups in total. The monoisotopic (exact) mass is 599 g/mol. The SMILES string of the molecule is CC[C@@H](C)NC(=O)[C@@H](CC)N(Cc1cccc(OC)c1)C(=O)CN(c1ccc(F)cc1)S(=O)(=O)c1ccc(OC)cc1. The predicted molar refractivity (Wildman–Crippen MR) is 159 cm³/mol. The molecule has 3 aromatic rings. The highest BCUT2D eigenvalue weighted by Gasteiger charge is 2.34. The van der Waals surface area contributed by atoms with Crippen LogP contribution in [-0.2, 0) is 26.2 Å². The number of hydrogen-bond acceptors (Lipinski definition) is 6. The van der Waals surface area contributed by atoms with Gasteiger partial charge in [0, 0.05) is 12.6 Å². The van der Waals surface area contributed by atoms with Gasteiger partial charge in [0.2, 0.25) is 11.8 Å². The third kappa shape index (κ3) is 8.00. The molecule has 3 rings (SSSR count). The molecule has 0 unspecified atom stereocenters. The minimum Gasteiger partial charge on any atom is -0.497 e. The van der Waals surface area contributed by atoms with Crippen molar-refractivity contribution in [1.82, 2.24) is 10.2 Å². The van der Waals surface area contributed by atoms with Crippen LogP contribution in [0.25, 0.3) is 0 Å². The van der Waals surface area contributed by atoms with E-state index in [1.165, 1.54) is 55.5 Å². The number of sulfonamides is 1. The maximum atomic E-state index is 14.1. The summed E-state index contributed by atoms with van der Waals surface area (Å²) in [5.74, 6) is -0.466. The van der Waals surface area contributed by atoms with E-state index in [-0.39, 0.29) is 29.1 Å². The molecule has 226 valence electrons. The molecule has 2 amide bonds. The van der Waals surface area contributed by atoms with Crippen molar-refractivity contribution in [3.05, 3.63) is 84.2 Å². The second-order valence-electron chi connectivity index (χ2n) is 9.78. The molecule has 0 aliphatic carbocycles. The highest BCUT2D eigenvalue weighted by Crippen LogP contribution is 2.27. The number of carbonyl (C=O) groups is 2. The van der Waals surface area contributed by atoms with Gasteiger partial charge in [-0.1, -0.05) is 26.0 Å². The molecule has 0 heterocycles. The van der Waals surface area contributed by atoms with Crippen molar-refractivity contribution in [3.8, 4) is 11.5 Å². The first kappa shape index (κ1) is 32.4. The van der Waals surface area contributed by atoms with Gasteiger partial charge in [-0.15, -0.1) is 0 Å². The van der Waals surface area contributed by atoms with Crippen molar-refractivity contribution in [1.29, 1.82) is 0 Å². The van der Waals surface area contributed by atoms with Crippen molar-refractivity contribution >= 4 is 27.5 Å². The Labute approximate surface area is 247 Å². The van der Waals surface area contributed by atoms with Gasteiger partial charge < -0.3 is 19.7 Å². The lowest BCUT2D eigenvalue weighted by Gasteiger charge is -2.33. The first-order chi connectivity index (χ1) is 20.0. The fourth-order valence-electron chi connectivity index (χ4n) is 4.34. The lowest BCUT2D eigenvalue weighted by atomic mass is 10.1. The standard InChI is InChI=1S/C31H38FN3O6S/c1-6-22(3)33-31(37)29(7-2)34(20-23-9-8-10-27(19-23)41-5)30(36)21-35(25-13-11-24(32)12-14-25)42(38,39)28-17-15-26(40-4)16-18-28/h8-19,22,29H,6-7,20-21H2,1-5H3,(H,33,37)/t22-,29-/m1/s1. The summed E-state index contributed by atoms with van der Waals surface area (Å²) in [7, 11) is -1.30. The summed E-state index contributed by atoms with van der Waals surface area (Å²) in [6.45, 7) is 5.00. The molecular weight excluding hydrogens is 561 g/mol. The number of nitrogens with zero attached hydrogens (tertiary/aromatic N) is 2. The molecule has 0 aliphatic heterocycles. The molecular formula is C31H38FN3O6S. The molecule has 3 aromatic carbocycles. The van der Waals surface area contributed by atoms with Gasteiger partial charge in [0.15, 0.2) is 0 Å². The third-order valence-corrected chi connectivity index (χ3v) is 8.70. The average Bonchev–Trinajstić information content (AvgIpc) is 3.00. The molecule has 0 radical (unpaired) electrons. The van der Waals surface area contributed by atoms with E-state index in [1.54, 1.807) is 31.2 Å². The van der Waals surface area contributed by atoms with Crippen LogP contribution in [0.4, 0.5) is 10.1 Å². The van der Waals surface area contributed by atoms with E-state index >= 15 is 0 Å². The largest absolute Gasteiger partial charge is 0.497 e. The summed E-state index contributed by atoms with van der Waals surface area (Å²) < 4.78 is 53.0. The van der Waals surface area contributed by atoms with Crippen LogP contribution in [-0.4, -0.2) is 58.0 Å². The van der Waals surface area contributed by atoms with Crippen molar-refractivity contribution in [2.24, 2.45) is 0 Å². The molecule has 9 nitrogen and oxygen atoms in total. The van der Waals surface area contributed by atoms with Gasteiger partial charge in [-0.25, -0.2) is 12.8 Å². The Balaban J connectivity index is 2.06. The minimum atomic E-state index is -4.29. The number of benzene rings is 3. The second-order valence-corrected chi connectivity index (χ2v) is 11.6. The van der Waals surface area contributed by atoms with Crippen molar-refractivity contribution in [2.75, 3.05) is 25.1 Å². The summed E-state index contributed by atoms with van der Waals surface area (Å²) in [5, 5.41) is 2.94. The summed E-state index contributed by atoms with van der Waals surface area (Å²) in [6, 6.07) is 16.7. The Morgan fingerprint density at radius 3 is 2.12 bits per heavy atom. The maximum Gasteiger partial charge on any atom is 0.264 e. The number of carbonyl (C=O) groups excluding carboxylic acids is 2. The zero-order chi connectivity index (χ0) is 30.9. The number of methoxy groups -OCH3 is 2. The number of nitrogens with one attached hydrogen (secondary N) is 1. The molecule has 0 fully saturated rings. The Bertz CT molecular complexity index is 1450. The van der Waals surface area contributed by atoms with Gasteiger partial charge in [-0.2, -0.15) is 0 Å². The Hall–Kier alpha value is -4.12. The minimum absolute atomic E-state index is 0.0301. The topological polar surface area (TPSA) is 105 Å². The number of amides is 2. The van der Waals surface area contributed by atoms with Crippen molar-refractivity contribution < 1.29 is 31.9 Å². The number of ether oxygens (including phenoxy) is 2. The molecule has 0 saturated heterocycles. The molecule has 0 saturated carbocycles. The summed E-state index contributed by atoms with van der Waals surface area (Å²) in [4.78, 5) is 28.8. The first-order valence-corrected chi connectivity index (χ1v) is 15.1. The number of hydrogen-bond donors (Lipinski definition) is 1. The molecule has 0 aromatic heterocycles. The van der Waals surface area contributed by atoms with Gasteiger partial charge in [-0.05, 0) is 86.0 Å². The Morgan fingerprint density at radius 2 is 1.55 bits per heavy atom. The summed E-state index contributed by atoms with van der Waals surface area (Å²) >= 11 is 0. The Morgan fingerprint density at radius 1 is 0.905 bits per heavy atom. The van der Waals surface area contributed by atoms with Crippen molar-refractivity contribution in [3.63, 3.8) is 0 Å². The quantitative estimate of drug-likeness (QED) is 0.287. The van der Waals surface area contributed by atoms with Crippen LogP contribution in [0, 0.1) is 5.82 Å². The number of halogens is 1. The zero-order valence-electron chi connectivity index (χ0n) is 24.5. The average molecular weight is 600 g/mol. The normalized spacial score (nSPS) is 12.6. The van der Waals surface area contributed by atoms with Gasteiger partial charge in [0.25, 0.3) is 10.0 Å². The molecule has 11 heteroatoms. The van der Waals surface area contributed by atoms with Crippen LogP contribution < -0.4 is 19.1 Å². The summed E-state index contributed by atoms with van der Waals surface area (Å²) in [5.41, 5.74) is 0.794. The van der Waals surface area contributed by atoms with E-state index in [0.717, 1.165) is 16.4 Å². The Kier molecular flexibility index (Phi) is 11.3. The molecule has 0 bridgehead atoms. The van der Waals surface area contributed by atoms with Gasteiger partial charge in [0.1, 0.15) is 29.9 Å². The molecule has 2 atom stereocenters. The van der Waals surface area contributed by atoms with Gasteiger partial charge in [0.05, 0.1) is 24.8 Å². The third-order valence-electron chi connectivity index (χ3n) is 6.91. The lowest BCUT2D eigenvalue weighted by Crippen LogP contribution is -2.53. The van der Waals surface area contributed by atoms with Crippen LogP contribution in [0.3, 0.4) is 0 Å². The van der Waals surface area contributed by atoms with Crippen LogP contribution in [0.15, 0.2) is 77.7 Å². The zero-order valence-corrected chi connectivity index (χ0v) is 25.4. The number of anilines is 1. The second kappa shape index (κ2) is 14.7. The van der Waals surface area contributed by atoms with Gasteiger partial charge >= 0.3 is 0 Å². The smallest absolute Gasteiger partial charge is 0.264 e. The van der Waals surface area contributed by atoms with E-state index in [2.05, 4.69) is 5.32 Å². The fourth-order valence-corrected chi connectivity index (χ4v) is 5.75. The van der Waals surface area contributed by atoms with Crippen LogP contribution in [0.1, 0.15) is 39.2 Å². The van der Waals surface area contributed by atoms with Crippen LogP contribution >= 0.6 is 0 Å². The van der Waals surface area contributed by atoms with Crippen LogP contribution in [0.2, 0.25) is 0 Å². The maximum absolute atomic E-state index is 14.1. The molecule has 0 spiro atoms. The first-order valence-electron chi connectivity index (χ1n) is 13.7. The van der Waals surface area contributed by atoms with Crippen LogP contribution in [0.5, 0.6) is 11.5 Å². The van der Waals surface area contributed by atoms with E-state index in [4.69, 9.17) is 9.47 Å². The molecule has 42 heavy (non-hydrogen) atoms. The van der Waals surface area contributed by atoms with E-state index in [9.17, 15) is 22.4 Å². The number of rotatable bonds is 14. The predicted octanol–water partition coefficient (Wildman–Crippen LogP) is 4.76. The molecule has 0 aliphatic rings. The van der Waals surface area contributed by atoms with Crippen molar-refractivity contribution in [2.45, 2.75) is 57.1 Å². The van der Waals surface area contributed by atoms with E-state index in [0.29, 0.717) is 29.9 Å². The van der Waals surface area contributed by atoms with E-state index in [1.807, 2.05) is 13.8 Å². The highest BCUT2D eigenvalue weighted by atomic mass is 32.2. The fraction of sp³-hybridized carbons (Fsp3) is 0.355. The summed E-state index contributed by atoms with van der Waals surface area (Å²) in [6.07, 6.45) is 0.990. The van der Waals surface area contributed by atoms with Gasteiger partial charge in [-0.3, -0.25) is 13.9 Å². The highest BCUT2D eigenvalue weighted by molar-refractivity contribution is 7.92. The van der Waals surface area contributed by atoms with E-state index < -0.39 is 34.3 Å².